The molecule has 5 nitrogen and oxygen atoms in total. The first-order valence-electron chi connectivity index (χ1n) is 8.98. The highest BCUT2D eigenvalue weighted by molar-refractivity contribution is 8.01. The minimum atomic E-state index is -0.241. The van der Waals surface area contributed by atoms with Crippen LogP contribution in [0.4, 0.5) is 0 Å². The van der Waals surface area contributed by atoms with Crippen molar-refractivity contribution >= 4 is 29.5 Å². The topological polar surface area (TPSA) is 80.5 Å². The molecule has 1 aliphatic carbocycles. The molecule has 1 aliphatic heterocycles. The minimum absolute atomic E-state index is 0.0316. The van der Waals surface area contributed by atoms with Crippen LogP contribution in [0.2, 0.25) is 0 Å². The standard InChI is InChI=1S/C16H26N2O3S.C2H6/c1-16(2,3)22-12-8-13(19)18(15(12)21)9-10-4-6-11(7-5-10)14(17)20;1-2/h10-12H,4-9H2,1-3H3,(H2,17,20);1-2H3. The van der Waals surface area contributed by atoms with Crippen LogP contribution in [0.25, 0.3) is 0 Å². The van der Waals surface area contributed by atoms with Crippen LogP contribution < -0.4 is 5.73 Å². The highest BCUT2D eigenvalue weighted by Gasteiger charge is 2.41. The summed E-state index contributed by atoms with van der Waals surface area (Å²) in [5, 5.41) is -0.241. The Morgan fingerprint density at radius 1 is 1.17 bits per heavy atom. The number of likely N-dealkylation sites (tertiary alicyclic amines) is 1. The van der Waals surface area contributed by atoms with E-state index < -0.39 is 0 Å². The predicted molar refractivity (Wildman–Crippen MR) is 98.5 cm³/mol. The molecule has 2 fully saturated rings. The van der Waals surface area contributed by atoms with Crippen molar-refractivity contribution in [1.82, 2.24) is 4.90 Å². The van der Waals surface area contributed by atoms with Crippen molar-refractivity contribution in [2.24, 2.45) is 17.6 Å². The molecular weight excluding hydrogens is 324 g/mol. The Morgan fingerprint density at radius 3 is 2.17 bits per heavy atom. The lowest BCUT2D eigenvalue weighted by Crippen LogP contribution is -2.38. The number of nitrogens with two attached hydrogens (primary N) is 1. The SMILES string of the molecule is CC.CC(C)(C)SC1CC(=O)N(CC2CCC(C(N)=O)CC2)C1=O. The van der Waals surface area contributed by atoms with Crippen molar-refractivity contribution in [1.29, 1.82) is 0 Å². The van der Waals surface area contributed by atoms with E-state index in [0.717, 1.165) is 25.7 Å². The molecule has 2 N–H and O–H groups in total. The summed E-state index contributed by atoms with van der Waals surface area (Å²) in [6.45, 7) is 10.7. The van der Waals surface area contributed by atoms with Crippen molar-refractivity contribution in [2.75, 3.05) is 6.54 Å². The number of hydrogen-bond donors (Lipinski definition) is 1. The molecule has 0 aromatic heterocycles. The van der Waals surface area contributed by atoms with Gasteiger partial charge in [-0.15, -0.1) is 11.8 Å². The summed E-state index contributed by atoms with van der Waals surface area (Å²) in [4.78, 5) is 37.2. The van der Waals surface area contributed by atoms with E-state index in [2.05, 4.69) is 20.8 Å². The molecule has 0 spiro atoms. The van der Waals surface area contributed by atoms with Crippen molar-refractivity contribution in [3.63, 3.8) is 0 Å². The molecule has 6 heteroatoms. The third-order valence-electron chi connectivity index (χ3n) is 4.39. The monoisotopic (exact) mass is 356 g/mol. The Kier molecular flexibility index (Phi) is 7.77. The zero-order chi connectivity index (χ0) is 18.5. The molecule has 1 atom stereocenters. The van der Waals surface area contributed by atoms with E-state index >= 15 is 0 Å². The number of rotatable bonds is 4. The summed E-state index contributed by atoms with van der Waals surface area (Å²) in [5.41, 5.74) is 5.34. The highest BCUT2D eigenvalue weighted by atomic mass is 32.2. The molecule has 138 valence electrons. The second-order valence-electron chi connectivity index (χ2n) is 7.39. The van der Waals surface area contributed by atoms with Gasteiger partial charge in [0.1, 0.15) is 0 Å². The average Bonchev–Trinajstić information content (AvgIpc) is 2.75. The molecule has 1 heterocycles. The van der Waals surface area contributed by atoms with Gasteiger partial charge in [-0.05, 0) is 31.6 Å². The van der Waals surface area contributed by atoms with Crippen LogP contribution in [-0.4, -0.2) is 39.2 Å². The van der Waals surface area contributed by atoms with E-state index in [1.807, 2.05) is 13.8 Å². The largest absolute Gasteiger partial charge is 0.369 e. The van der Waals surface area contributed by atoms with Gasteiger partial charge in [-0.25, -0.2) is 0 Å². The maximum absolute atomic E-state index is 12.5. The van der Waals surface area contributed by atoms with Gasteiger partial charge < -0.3 is 5.73 Å². The predicted octanol–water partition coefficient (Wildman–Crippen LogP) is 2.96. The Hall–Kier alpha value is -1.04. The van der Waals surface area contributed by atoms with Crippen molar-refractivity contribution in [2.45, 2.75) is 76.7 Å². The summed E-state index contributed by atoms with van der Waals surface area (Å²) in [6, 6.07) is 0. The van der Waals surface area contributed by atoms with Gasteiger partial charge in [-0.2, -0.15) is 0 Å². The van der Waals surface area contributed by atoms with Gasteiger partial charge in [0.05, 0.1) is 5.25 Å². The fourth-order valence-corrected chi connectivity index (χ4v) is 4.56. The Labute approximate surface area is 150 Å². The third-order valence-corrected chi connectivity index (χ3v) is 5.75. The van der Waals surface area contributed by atoms with Crippen molar-refractivity contribution < 1.29 is 14.4 Å². The lowest BCUT2D eigenvalue weighted by atomic mass is 9.81. The number of thioether (sulfide) groups is 1. The van der Waals surface area contributed by atoms with Crippen LogP contribution in [0.1, 0.15) is 66.7 Å². The van der Waals surface area contributed by atoms with Crippen LogP contribution in [0.15, 0.2) is 0 Å². The van der Waals surface area contributed by atoms with Gasteiger partial charge in [0.15, 0.2) is 0 Å². The quantitative estimate of drug-likeness (QED) is 0.785. The Morgan fingerprint density at radius 2 is 1.71 bits per heavy atom. The normalized spacial score (nSPS) is 27.7. The summed E-state index contributed by atoms with van der Waals surface area (Å²) >= 11 is 1.57. The van der Waals surface area contributed by atoms with Gasteiger partial charge in [0, 0.05) is 23.6 Å². The molecule has 1 saturated heterocycles. The second kappa shape index (κ2) is 8.88. The van der Waals surface area contributed by atoms with Crippen LogP contribution in [-0.2, 0) is 14.4 Å². The summed E-state index contributed by atoms with van der Waals surface area (Å²) in [5.74, 6) is -0.0496. The molecule has 24 heavy (non-hydrogen) atoms. The average molecular weight is 357 g/mol. The van der Waals surface area contributed by atoms with Crippen molar-refractivity contribution in [3.8, 4) is 0 Å². The molecule has 3 amide bonds. The van der Waals surface area contributed by atoms with Gasteiger partial charge in [-0.3, -0.25) is 19.3 Å². The van der Waals surface area contributed by atoms with E-state index in [9.17, 15) is 14.4 Å². The minimum Gasteiger partial charge on any atom is -0.369 e. The lowest BCUT2D eigenvalue weighted by Gasteiger charge is -2.29. The molecule has 1 saturated carbocycles. The molecule has 2 aliphatic rings. The van der Waals surface area contributed by atoms with Crippen molar-refractivity contribution in [3.05, 3.63) is 0 Å². The molecule has 2 rings (SSSR count). The number of imide groups is 1. The van der Waals surface area contributed by atoms with Gasteiger partial charge in [-0.1, -0.05) is 34.6 Å². The van der Waals surface area contributed by atoms with Crippen LogP contribution >= 0.6 is 11.8 Å². The zero-order valence-electron chi connectivity index (χ0n) is 15.6. The van der Waals surface area contributed by atoms with Gasteiger partial charge in [0.2, 0.25) is 17.7 Å². The smallest absolute Gasteiger partial charge is 0.242 e. The fourth-order valence-electron chi connectivity index (χ4n) is 3.25. The van der Waals surface area contributed by atoms with E-state index in [4.69, 9.17) is 5.73 Å². The molecule has 1 unspecified atom stereocenters. The first-order chi connectivity index (χ1) is 11.2. The molecule has 0 radical (unpaired) electrons. The Bertz CT molecular complexity index is 465. The number of hydrogen-bond acceptors (Lipinski definition) is 4. The first kappa shape index (κ1) is 21.0. The van der Waals surface area contributed by atoms with Crippen LogP contribution in [0.3, 0.4) is 0 Å². The van der Waals surface area contributed by atoms with Gasteiger partial charge >= 0.3 is 0 Å². The molecular formula is C18H32N2O3S. The number of nitrogens with zero attached hydrogens (tertiary/aromatic N) is 1. The highest BCUT2D eigenvalue weighted by Crippen LogP contribution is 2.36. The first-order valence-corrected chi connectivity index (χ1v) is 9.86. The number of primary amides is 1. The summed E-state index contributed by atoms with van der Waals surface area (Å²) < 4.78 is -0.0316. The second-order valence-corrected chi connectivity index (χ2v) is 9.42. The summed E-state index contributed by atoms with van der Waals surface area (Å²) in [7, 11) is 0. The molecule has 0 aromatic carbocycles. The maximum atomic E-state index is 12.5. The maximum Gasteiger partial charge on any atom is 0.242 e. The van der Waals surface area contributed by atoms with Crippen LogP contribution in [0, 0.1) is 11.8 Å². The van der Waals surface area contributed by atoms with E-state index in [0.29, 0.717) is 18.9 Å². The van der Waals surface area contributed by atoms with E-state index in [1.165, 1.54) is 4.90 Å². The lowest BCUT2D eigenvalue weighted by molar-refractivity contribution is -0.139. The molecule has 0 bridgehead atoms. The number of amides is 3. The zero-order valence-corrected chi connectivity index (χ0v) is 16.4. The number of carbonyl (C=O) groups excluding carboxylic acids is 3. The molecule has 0 aromatic rings. The van der Waals surface area contributed by atoms with Crippen LogP contribution in [0.5, 0.6) is 0 Å². The Balaban J connectivity index is 0.00000139. The van der Waals surface area contributed by atoms with Gasteiger partial charge in [0.25, 0.3) is 0 Å². The van der Waals surface area contributed by atoms with E-state index in [-0.39, 0.29) is 33.6 Å². The third kappa shape index (κ3) is 5.80. The summed E-state index contributed by atoms with van der Waals surface area (Å²) in [6.07, 6.45) is 3.59. The fraction of sp³-hybridized carbons (Fsp3) is 0.833. The van der Waals surface area contributed by atoms with E-state index in [1.54, 1.807) is 11.8 Å². The number of carbonyl (C=O) groups is 3.